The molecule has 8 heteroatoms. The van der Waals surface area contributed by atoms with Gasteiger partial charge in [0.2, 0.25) is 0 Å². The van der Waals surface area contributed by atoms with Crippen LogP contribution in [0.15, 0.2) is 53.5 Å². The molecule has 1 amide bonds. The summed E-state index contributed by atoms with van der Waals surface area (Å²) in [6.45, 7) is 6.84. The zero-order valence-electron chi connectivity index (χ0n) is 19.8. The molecule has 1 aliphatic heterocycles. The predicted octanol–water partition coefficient (Wildman–Crippen LogP) is 4.12. The minimum atomic E-state index is -0.249. The summed E-state index contributed by atoms with van der Waals surface area (Å²) in [7, 11) is 3.51. The minimum Gasteiger partial charge on any atom is -0.367 e. The fourth-order valence-electron chi connectivity index (χ4n) is 3.82. The first kappa shape index (κ1) is 27.0. The van der Waals surface area contributed by atoms with Gasteiger partial charge in [-0.1, -0.05) is 24.3 Å². The molecule has 1 N–H and O–H groups in total. The summed E-state index contributed by atoms with van der Waals surface area (Å²) < 4.78 is 19.4. The Labute approximate surface area is 213 Å². The molecular formula is C25H34FIN4O2. The van der Waals surface area contributed by atoms with E-state index in [0.29, 0.717) is 18.7 Å². The number of nitrogens with zero attached hydrogens (tertiary/aromatic N) is 3. The zero-order chi connectivity index (χ0) is 23.1. The van der Waals surface area contributed by atoms with Crippen molar-refractivity contribution in [3.8, 4) is 0 Å². The van der Waals surface area contributed by atoms with Crippen LogP contribution in [0.4, 0.5) is 4.39 Å². The molecule has 2 unspecified atom stereocenters. The Bertz CT molecular complexity index is 936. The highest BCUT2D eigenvalue weighted by molar-refractivity contribution is 14.0. The quantitative estimate of drug-likeness (QED) is 0.324. The van der Waals surface area contributed by atoms with E-state index in [1.165, 1.54) is 12.1 Å². The highest BCUT2D eigenvalue weighted by atomic mass is 127. The van der Waals surface area contributed by atoms with Crippen LogP contribution in [-0.4, -0.2) is 68.0 Å². The number of ether oxygens (including phenoxy) is 1. The lowest BCUT2D eigenvalue weighted by Crippen LogP contribution is -2.50. The molecule has 180 valence electrons. The topological polar surface area (TPSA) is 57.2 Å². The van der Waals surface area contributed by atoms with Gasteiger partial charge in [0.05, 0.1) is 12.6 Å². The van der Waals surface area contributed by atoms with Crippen molar-refractivity contribution in [3.63, 3.8) is 0 Å². The molecule has 1 saturated heterocycles. The third-order valence-corrected chi connectivity index (χ3v) is 5.38. The zero-order valence-corrected chi connectivity index (χ0v) is 22.1. The van der Waals surface area contributed by atoms with E-state index in [2.05, 4.69) is 10.2 Å². The number of guanidine groups is 1. The van der Waals surface area contributed by atoms with Crippen molar-refractivity contribution < 1.29 is 13.9 Å². The number of carbonyl (C=O) groups is 1. The largest absolute Gasteiger partial charge is 0.367 e. The van der Waals surface area contributed by atoms with Gasteiger partial charge >= 0.3 is 0 Å². The smallest absolute Gasteiger partial charge is 0.253 e. The van der Waals surface area contributed by atoms with E-state index >= 15 is 0 Å². The van der Waals surface area contributed by atoms with E-state index in [1.807, 2.05) is 38.1 Å². The number of morpholine rings is 1. The van der Waals surface area contributed by atoms with E-state index < -0.39 is 0 Å². The molecule has 0 saturated carbocycles. The summed E-state index contributed by atoms with van der Waals surface area (Å²) in [6, 6.07) is 14.2. The number of halogens is 2. The Morgan fingerprint density at radius 3 is 2.61 bits per heavy atom. The van der Waals surface area contributed by atoms with Crippen LogP contribution in [0.25, 0.3) is 0 Å². The van der Waals surface area contributed by atoms with Crippen molar-refractivity contribution in [1.82, 2.24) is 15.1 Å². The third-order valence-electron chi connectivity index (χ3n) is 5.38. The predicted molar refractivity (Wildman–Crippen MR) is 141 cm³/mol. The first-order valence-corrected chi connectivity index (χ1v) is 11.1. The van der Waals surface area contributed by atoms with Crippen molar-refractivity contribution in [2.45, 2.75) is 32.5 Å². The summed E-state index contributed by atoms with van der Waals surface area (Å²) in [5.74, 6) is 0.592. The molecule has 0 aromatic heterocycles. The Morgan fingerprint density at radius 1 is 1.21 bits per heavy atom. The molecule has 2 aromatic carbocycles. The number of rotatable bonds is 6. The fourth-order valence-corrected chi connectivity index (χ4v) is 3.82. The lowest BCUT2D eigenvalue weighted by atomic mass is 10.1. The van der Waals surface area contributed by atoms with E-state index in [0.717, 1.165) is 36.6 Å². The van der Waals surface area contributed by atoms with Gasteiger partial charge in [0.15, 0.2) is 5.96 Å². The summed E-state index contributed by atoms with van der Waals surface area (Å²) in [5, 5.41) is 3.38. The van der Waals surface area contributed by atoms with Crippen LogP contribution in [0.2, 0.25) is 0 Å². The second kappa shape index (κ2) is 12.9. The van der Waals surface area contributed by atoms with Gasteiger partial charge in [0.25, 0.3) is 5.91 Å². The Balaban J connectivity index is 0.00000385. The molecule has 6 nitrogen and oxygen atoms in total. The van der Waals surface area contributed by atoms with E-state index in [-0.39, 0.29) is 47.9 Å². The third kappa shape index (κ3) is 7.67. The van der Waals surface area contributed by atoms with Crippen LogP contribution in [0.1, 0.15) is 41.4 Å². The second-order valence-electron chi connectivity index (χ2n) is 8.28. The normalized spacial score (nSPS) is 18.5. The molecule has 1 heterocycles. The van der Waals surface area contributed by atoms with Gasteiger partial charge < -0.3 is 19.9 Å². The molecule has 0 radical (unpaired) electrons. The summed E-state index contributed by atoms with van der Waals surface area (Å²) in [6.07, 6.45) is 0.624. The van der Waals surface area contributed by atoms with Crippen molar-refractivity contribution >= 4 is 35.8 Å². The van der Waals surface area contributed by atoms with Crippen LogP contribution in [0.5, 0.6) is 0 Å². The highest BCUT2D eigenvalue weighted by Gasteiger charge is 2.28. The minimum absolute atomic E-state index is 0. The van der Waals surface area contributed by atoms with Crippen LogP contribution in [-0.2, 0) is 11.2 Å². The molecule has 1 fully saturated rings. The van der Waals surface area contributed by atoms with Crippen LogP contribution >= 0.6 is 24.0 Å². The molecule has 0 aliphatic carbocycles. The van der Waals surface area contributed by atoms with Crippen molar-refractivity contribution in [3.05, 3.63) is 71.0 Å². The van der Waals surface area contributed by atoms with Crippen molar-refractivity contribution in [2.24, 2.45) is 4.99 Å². The molecule has 0 bridgehead atoms. The first-order valence-electron chi connectivity index (χ1n) is 11.1. The average Bonchev–Trinajstić information content (AvgIpc) is 2.78. The molecule has 2 atom stereocenters. The Morgan fingerprint density at radius 2 is 1.94 bits per heavy atom. The number of aliphatic imine (C=N–C) groups is 1. The number of nitrogens with one attached hydrogen (secondary N) is 1. The number of amides is 1. The number of carbonyl (C=O) groups excluding carboxylic acids is 1. The molecule has 0 spiro atoms. The van der Waals surface area contributed by atoms with Crippen molar-refractivity contribution in [2.75, 3.05) is 40.3 Å². The van der Waals surface area contributed by atoms with E-state index in [9.17, 15) is 9.18 Å². The lowest BCUT2D eigenvalue weighted by Gasteiger charge is -2.38. The number of hydrogen-bond donors (Lipinski definition) is 1. The number of benzene rings is 2. The SMILES string of the molecule is CCNC(=NCCc1cccc(C(=O)N(C)C)c1)N1CC(C)OC(c2ccc(F)cc2)C1.I. The molecular weight excluding hydrogens is 534 g/mol. The maximum Gasteiger partial charge on any atom is 0.253 e. The molecule has 1 aliphatic rings. The highest BCUT2D eigenvalue weighted by Crippen LogP contribution is 2.25. The van der Waals surface area contributed by atoms with Gasteiger partial charge in [-0.15, -0.1) is 24.0 Å². The second-order valence-corrected chi connectivity index (χ2v) is 8.28. The average molecular weight is 568 g/mol. The maximum absolute atomic E-state index is 13.3. The summed E-state index contributed by atoms with van der Waals surface area (Å²) in [4.78, 5) is 20.8. The van der Waals surface area contributed by atoms with Gasteiger partial charge in [0.1, 0.15) is 11.9 Å². The summed E-state index contributed by atoms with van der Waals surface area (Å²) >= 11 is 0. The van der Waals surface area contributed by atoms with Crippen LogP contribution < -0.4 is 5.32 Å². The standard InChI is InChI=1S/C25H33FN4O2.HI/c1-5-27-25(28-14-13-19-7-6-8-21(15-19)24(31)29(3)4)30-16-18(2)32-23(17-30)20-9-11-22(26)12-10-20;/h6-12,15,18,23H,5,13-14,16-17H2,1-4H3,(H,27,28);1H. The van der Waals surface area contributed by atoms with Gasteiger partial charge in [0, 0.05) is 39.3 Å². The van der Waals surface area contributed by atoms with Crippen LogP contribution in [0.3, 0.4) is 0 Å². The van der Waals surface area contributed by atoms with E-state index in [4.69, 9.17) is 9.73 Å². The van der Waals surface area contributed by atoms with E-state index in [1.54, 1.807) is 31.1 Å². The van der Waals surface area contributed by atoms with Crippen molar-refractivity contribution in [1.29, 1.82) is 0 Å². The molecule has 2 aromatic rings. The molecule has 33 heavy (non-hydrogen) atoms. The Hall–Kier alpha value is -2.20. The summed E-state index contributed by atoms with van der Waals surface area (Å²) in [5.41, 5.74) is 2.73. The monoisotopic (exact) mass is 568 g/mol. The lowest BCUT2D eigenvalue weighted by molar-refractivity contribution is -0.0605. The van der Waals surface area contributed by atoms with Crippen LogP contribution in [0, 0.1) is 5.82 Å². The fraction of sp³-hybridized carbons (Fsp3) is 0.440. The van der Waals surface area contributed by atoms with Gasteiger partial charge in [-0.25, -0.2) is 4.39 Å². The number of hydrogen-bond acceptors (Lipinski definition) is 3. The van der Waals surface area contributed by atoms with Gasteiger partial charge in [-0.2, -0.15) is 0 Å². The maximum atomic E-state index is 13.3. The first-order chi connectivity index (χ1) is 15.4. The Kier molecular flexibility index (Phi) is 10.6. The van der Waals surface area contributed by atoms with Gasteiger partial charge in [-0.05, 0) is 55.7 Å². The van der Waals surface area contributed by atoms with Gasteiger partial charge in [-0.3, -0.25) is 9.79 Å². The molecule has 3 rings (SSSR count).